The Morgan fingerprint density at radius 3 is 2.10 bits per heavy atom. The zero-order valence-electron chi connectivity index (χ0n) is 30.3. The van der Waals surface area contributed by atoms with Crippen molar-refractivity contribution >= 4 is 34.7 Å². The highest BCUT2D eigenvalue weighted by Gasteiger charge is 2.50. The monoisotopic (exact) mass is 706 g/mol. The van der Waals surface area contributed by atoms with Crippen molar-refractivity contribution in [1.29, 1.82) is 0 Å². The molecule has 0 radical (unpaired) electrons. The van der Waals surface area contributed by atoms with E-state index in [1.54, 1.807) is 32.9 Å². The number of sulfonamides is 1. The summed E-state index contributed by atoms with van der Waals surface area (Å²) >= 11 is 0. The number of aromatic nitrogens is 1. The number of aryl methyl sites for hydroxylation is 1. The number of pyridine rings is 1. The van der Waals surface area contributed by atoms with E-state index >= 15 is 0 Å². The van der Waals surface area contributed by atoms with Crippen LogP contribution >= 0.6 is 0 Å². The van der Waals surface area contributed by atoms with Crippen LogP contribution in [-0.2, 0) is 24.0 Å². The molecule has 0 amide bonds. The normalized spacial score (nSPS) is 21.0. The Kier molecular flexibility index (Phi) is 11.4. The van der Waals surface area contributed by atoms with E-state index in [-0.39, 0.29) is 28.5 Å². The zero-order chi connectivity index (χ0) is 35.5. The molecule has 266 valence electrons. The number of carbonyl (C=O) groups excluding carboxylic acids is 1. The minimum absolute atomic E-state index is 0.00528. The van der Waals surface area contributed by atoms with E-state index in [4.69, 9.17) is 13.9 Å². The van der Waals surface area contributed by atoms with Crippen molar-refractivity contribution in [2.45, 2.75) is 121 Å². The number of ether oxygens (including phenoxy) is 2. The van der Waals surface area contributed by atoms with Crippen molar-refractivity contribution in [3.63, 3.8) is 0 Å². The first-order valence-corrected chi connectivity index (χ1v) is 21.1. The maximum Gasteiger partial charge on any atom is 0.324 e. The highest BCUT2D eigenvalue weighted by Crippen LogP contribution is 2.38. The van der Waals surface area contributed by atoms with Gasteiger partial charge in [0.25, 0.3) is 8.32 Å². The smallest absolute Gasteiger partial charge is 0.324 e. The molecule has 2 heterocycles. The summed E-state index contributed by atoms with van der Waals surface area (Å²) in [6, 6.07) is 23.8. The van der Waals surface area contributed by atoms with E-state index in [1.165, 1.54) is 14.7 Å². The van der Waals surface area contributed by atoms with Crippen LogP contribution in [0.2, 0.25) is 5.04 Å². The lowest BCUT2D eigenvalue weighted by Crippen LogP contribution is -2.66. The third-order valence-corrected chi connectivity index (χ3v) is 16.7. The Morgan fingerprint density at radius 1 is 0.878 bits per heavy atom. The number of nitrogens with zero attached hydrogens (tertiary/aromatic N) is 2. The first-order chi connectivity index (χ1) is 23.1. The molecule has 2 aromatic carbocycles. The second-order valence-electron chi connectivity index (χ2n) is 15.6. The van der Waals surface area contributed by atoms with Gasteiger partial charge in [0.15, 0.2) is 0 Å². The third-order valence-electron chi connectivity index (χ3n) is 9.71. The molecule has 1 aromatic heterocycles. The summed E-state index contributed by atoms with van der Waals surface area (Å²) in [6.45, 7) is 14.9. The van der Waals surface area contributed by atoms with Crippen LogP contribution in [0.4, 0.5) is 0 Å². The van der Waals surface area contributed by atoms with Crippen molar-refractivity contribution in [3.8, 4) is 5.88 Å². The summed E-state index contributed by atoms with van der Waals surface area (Å²) < 4.78 is 48.7. The first-order valence-electron chi connectivity index (χ1n) is 17.8. The summed E-state index contributed by atoms with van der Waals surface area (Å²) in [4.78, 5) is 17.6. The van der Waals surface area contributed by atoms with Crippen LogP contribution in [0.3, 0.4) is 0 Å². The Morgan fingerprint density at radius 2 is 1.51 bits per heavy atom. The maximum atomic E-state index is 14.1. The summed E-state index contributed by atoms with van der Waals surface area (Å²) in [6.07, 6.45) is 5.40. The number of hydrogen-bond donors (Lipinski definition) is 0. The van der Waals surface area contributed by atoms with Gasteiger partial charge in [-0.25, -0.2) is 13.4 Å². The number of benzene rings is 2. The molecule has 0 spiro atoms. The fourth-order valence-corrected chi connectivity index (χ4v) is 13.8. The number of carbonyl (C=O) groups is 1. The Balaban J connectivity index is 1.31. The molecule has 2 aliphatic rings. The predicted octanol–water partition coefficient (Wildman–Crippen LogP) is 6.79. The van der Waals surface area contributed by atoms with Gasteiger partial charge in [0.1, 0.15) is 22.6 Å². The first kappa shape index (κ1) is 37.2. The van der Waals surface area contributed by atoms with Gasteiger partial charge in [-0.05, 0) is 99.7 Å². The average Bonchev–Trinajstić information content (AvgIpc) is 3.55. The molecule has 49 heavy (non-hydrogen) atoms. The summed E-state index contributed by atoms with van der Waals surface area (Å²) in [5.74, 6) is -0.0347. The van der Waals surface area contributed by atoms with Gasteiger partial charge in [-0.15, -0.1) is 0 Å². The van der Waals surface area contributed by atoms with Gasteiger partial charge in [-0.2, -0.15) is 4.31 Å². The molecule has 3 aromatic rings. The predicted molar refractivity (Wildman–Crippen MR) is 196 cm³/mol. The van der Waals surface area contributed by atoms with E-state index in [0.717, 1.165) is 32.1 Å². The summed E-state index contributed by atoms with van der Waals surface area (Å²) in [7, 11) is -6.70. The standard InChI is InChI=1S/C39H54N2O6SSi/c1-29-23-24-35(48(43,44)41-26-15-22-34(41)37(42)47-38(2,3)4)36(40-29)46-31-17-14-16-30(28-31)25-27-45-49(39(5,6)7,32-18-10-8-11-19-32)33-20-12-9-13-21-33/h8-13,18-21,23-24,30-31,34H,14-17,22,25-28H2,1-7H3/t30-,31-,34+/m1/s1. The van der Waals surface area contributed by atoms with Crippen molar-refractivity contribution in [2.75, 3.05) is 13.2 Å². The molecule has 5 rings (SSSR count). The van der Waals surface area contributed by atoms with E-state index in [9.17, 15) is 13.2 Å². The second-order valence-corrected chi connectivity index (χ2v) is 21.8. The molecule has 2 fully saturated rings. The van der Waals surface area contributed by atoms with Crippen LogP contribution < -0.4 is 15.1 Å². The number of esters is 1. The highest BCUT2D eigenvalue weighted by molar-refractivity contribution is 7.89. The van der Waals surface area contributed by atoms with Crippen molar-refractivity contribution in [2.24, 2.45) is 5.92 Å². The molecule has 1 aliphatic heterocycles. The third kappa shape index (κ3) is 8.47. The van der Waals surface area contributed by atoms with Crippen molar-refractivity contribution in [1.82, 2.24) is 9.29 Å². The van der Waals surface area contributed by atoms with Crippen LogP contribution in [-0.4, -0.2) is 62.9 Å². The van der Waals surface area contributed by atoms with Gasteiger partial charge in [0.2, 0.25) is 15.9 Å². The largest absolute Gasteiger partial charge is 0.473 e. The quantitative estimate of drug-likeness (QED) is 0.160. The highest BCUT2D eigenvalue weighted by atomic mass is 32.2. The SMILES string of the molecule is Cc1ccc(S(=O)(=O)N2CCC[C@H]2C(=O)OC(C)(C)C)c(O[C@@H]2CCC[C@H](CCO[Si](c3ccccc3)(c3ccccc3)C(C)(C)C)C2)n1. The number of hydrogen-bond acceptors (Lipinski definition) is 7. The molecule has 3 atom stereocenters. The fraction of sp³-hybridized carbons (Fsp3) is 0.538. The van der Waals surface area contributed by atoms with Gasteiger partial charge in [0.05, 0.1) is 0 Å². The summed E-state index contributed by atoms with van der Waals surface area (Å²) in [5, 5.41) is 2.44. The van der Waals surface area contributed by atoms with Crippen LogP contribution in [0.15, 0.2) is 77.7 Å². The van der Waals surface area contributed by atoms with E-state index in [0.29, 0.717) is 31.1 Å². The maximum absolute atomic E-state index is 14.1. The van der Waals surface area contributed by atoms with Gasteiger partial charge in [-0.3, -0.25) is 4.79 Å². The van der Waals surface area contributed by atoms with E-state index in [1.807, 2.05) is 6.92 Å². The topological polar surface area (TPSA) is 95.0 Å². The lowest BCUT2D eigenvalue weighted by molar-refractivity contribution is -0.158. The fourth-order valence-electron chi connectivity index (χ4n) is 7.47. The molecule has 10 heteroatoms. The van der Waals surface area contributed by atoms with E-state index < -0.39 is 36.0 Å². The molecular formula is C39H54N2O6SSi. The van der Waals surface area contributed by atoms with Crippen LogP contribution in [0.1, 0.15) is 92.2 Å². The molecular weight excluding hydrogens is 653 g/mol. The minimum atomic E-state index is -4.07. The minimum Gasteiger partial charge on any atom is -0.473 e. The Hall–Kier alpha value is -3.05. The molecule has 1 aliphatic carbocycles. The molecule has 0 unspecified atom stereocenters. The van der Waals surface area contributed by atoms with E-state index in [2.05, 4.69) is 86.4 Å². The number of rotatable bonds is 11. The molecule has 8 nitrogen and oxygen atoms in total. The van der Waals surface area contributed by atoms with Gasteiger partial charge in [-0.1, -0.05) is 87.9 Å². The Bertz CT molecular complexity index is 1630. The Labute approximate surface area is 294 Å². The van der Waals surface area contributed by atoms with Gasteiger partial charge in [0, 0.05) is 18.8 Å². The van der Waals surface area contributed by atoms with Gasteiger partial charge >= 0.3 is 5.97 Å². The molecule has 0 bridgehead atoms. The zero-order valence-corrected chi connectivity index (χ0v) is 32.1. The lowest BCUT2D eigenvalue weighted by atomic mass is 9.85. The summed E-state index contributed by atoms with van der Waals surface area (Å²) in [5.41, 5.74) is -0.0400. The van der Waals surface area contributed by atoms with Crippen LogP contribution in [0.5, 0.6) is 5.88 Å². The molecule has 1 saturated carbocycles. The lowest BCUT2D eigenvalue weighted by Gasteiger charge is -2.43. The van der Waals surface area contributed by atoms with Crippen molar-refractivity contribution < 1.29 is 27.1 Å². The second kappa shape index (κ2) is 15.0. The van der Waals surface area contributed by atoms with Crippen LogP contribution in [0.25, 0.3) is 0 Å². The molecule has 0 N–H and O–H groups in total. The average molecular weight is 707 g/mol. The van der Waals surface area contributed by atoms with Gasteiger partial charge < -0.3 is 13.9 Å². The van der Waals surface area contributed by atoms with Crippen LogP contribution in [0, 0.1) is 12.8 Å². The van der Waals surface area contributed by atoms with Crippen molar-refractivity contribution in [3.05, 3.63) is 78.5 Å². The molecule has 1 saturated heterocycles.